The Bertz CT molecular complexity index is 379. The fourth-order valence-corrected chi connectivity index (χ4v) is 1.19. The average Bonchev–Trinajstić information content (AvgIpc) is 2.19. The highest BCUT2D eigenvalue weighted by Crippen LogP contribution is 2.07. The molecule has 0 N–H and O–H groups in total. The van der Waals surface area contributed by atoms with Crippen molar-refractivity contribution < 1.29 is 4.79 Å². The molecule has 0 radical (unpaired) electrons. The van der Waals surface area contributed by atoms with Crippen molar-refractivity contribution in [2.24, 2.45) is 4.99 Å². The molecule has 3 heteroatoms. The fraction of sp³-hybridized carbons (Fsp3) is 0.100. The van der Waals surface area contributed by atoms with Crippen molar-refractivity contribution >= 4 is 11.5 Å². The number of carbonyl (C=O) groups is 1. The van der Waals surface area contributed by atoms with E-state index in [0.29, 0.717) is 6.42 Å². The number of pyridine rings is 1. The molecule has 1 aromatic rings. The van der Waals surface area contributed by atoms with Crippen LogP contribution < -0.4 is 0 Å². The molecule has 0 saturated heterocycles. The zero-order valence-electron chi connectivity index (χ0n) is 6.97. The van der Waals surface area contributed by atoms with Gasteiger partial charge in [0.25, 0.3) is 0 Å². The van der Waals surface area contributed by atoms with Gasteiger partial charge in [0.1, 0.15) is 0 Å². The van der Waals surface area contributed by atoms with Crippen LogP contribution >= 0.6 is 0 Å². The lowest BCUT2D eigenvalue weighted by molar-refractivity contribution is -0.113. The summed E-state index contributed by atoms with van der Waals surface area (Å²) < 4.78 is 0. The van der Waals surface area contributed by atoms with E-state index in [0.717, 1.165) is 11.3 Å². The van der Waals surface area contributed by atoms with Crippen LogP contribution in [-0.4, -0.2) is 16.5 Å². The van der Waals surface area contributed by atoms with E-state index < -0.39 is 0 Å². The summed E-state index contributed by atoms with van der Waals surface area (Å²) in [5, 5.41) is 0. The monoisotopic (exact) mass is 172 g/mol. The van der Waals surface area contributed by atoms with E-state index >= 15 is 0 Å². The van der Waals surface area contributed by atoms with Gasteiger partial charge in [0.2, 0.25) is 0 Å². The predicted molar refractivity (Wildman–Crippen MR) is 49.5 cm³/mol. The first-order valence-corrected chi connectivity index (χ1v) is 4.03. The van der Waals surface area contributed by atoms with E-state index in [-0.39, 0.29) is 5.78 Å². The summed E-state index contributed by atoms with van der Waals surface area (Å²) in [6.07, 6.45) is 6.81. The Hall–Kier alpha value is -1.77. The van der Waals surface area contributed by atoms with E-state index in [1.54, 1.807) is 12.4 Å². The molecule has 0 saturated carbocycles. The molecule has 3 nitrogen and oxygen atoms in total. The van der Waals surface area contributed by atoms with Gasteiger partial charge in [-0.1, -0.05) is 6.07 Å². The number of allylic oxidation sites excluding steroid dienone is 1. The van der Waals surface area contributed by atoms with Crippen molar-refractivity contribution in [1.82, 2.24) is 4.98 Å². The summed E-state index contributed by atoms with van der Waals surface area (Å²) in [6.45, 7) is 0. The minimum Gasteiger partial charge on any atom is -0.294 e. The molecule has 0 fully saturated rings. The Balaban J connectivity index is 2.33. The molecule has 0 spiro atoms. The van der Waals surface area contributed by atoms with Gasteiger partial charge in [-0.05, 0) is 12.1 Å². The van der Waals surface area contributed by atoms with Crippen molar-refractivity contribution in [2.45, 2.75) is 6.42 Å². The van der Waals surface area contributed by atoms with Gasteiger partial charge in [-0.2, -0.15) is 0 Å². The molecular weight excluding hydrogens is 164 g/mol. The van der Waals surface area contributed by atoms with E-state index in [2.05, 4.69) is 9.98 Å². The SMILES string of the molecule is O=C1C=CN=C(c2cccnc2)C1. The van der Waals surface area contributed by atoms with Crippen LogP contribution in [0.1, 0.15) is 12.0 Å². The van der Waals surface area contributed by atoms with Gasteiger partial charge < -0.3 is 0 Å². The molecule has 2 heterocycles. The summed E-state index contributed by atoms with van der Waals surface area (Å²) in [4.78, 5) is 19.2. The molecule has 1 aliphatic heterocycles. The van der Waals surface area contributed by atoms with Crippen molar-refractivity contribution in [1.29, 1.82) is 0 Å². The Morgan fingerprint density at radius 1 is 1.38 bits per heavy atom. The second-order valence-corrected chi connectivity index (χ2v) is 2.78. The van der Waals surface area contributed by atoms with Crippen LogP contribution in [0, 0.1) is 0 Å². The molecule has 13 heavy (non-hydrogen) atoms. The normalized spacial score (nSPS) is 15.7. The number of aliphatic imine (C=N–C) groups is 1. The van der Waals surface area contributed by atoms with Crippen LogP contribution in [0.4, 0.5) is 0 Å². The van der Waals surface area contributed by atoms with E-state index in [1.165, 1.54) is 12.3 Å². The first kappa shape index (κ1) is 7.86. The summed E-state index contributed by atoms with van der Waals surface area (Å²) >= 11 is 0. The average molecular weight is 172 g/mol. The Morgan fingerprint density at radius 2 is 2.31 bits per heavy atom. The Kier molecular flexibility index (Phi) is 2.00. The molecule has 0 unspecified atom stereocenters. The van der Waals surface area contributed by atoms with Crippen molar-refractivity contribution in [2.75, 3.05) is 0 Å². The van der Waals surface area contributed by atoms with Crippen LogP contribution in [0.25, 0.3) is 0 Å². The minimum atomic E-state index is 0.0915. The van der Waals surface area contributed by atoms with Gasteiger partial charge in [0.05, 0.1) is 12.1 Å². The lowest BCUT2D eigenvalue weighted by Gasteiger charge is -2.05. The lowest BCUT2D eigenvalue weighted by atomic mass is 10.1. The van der Waals surface area contributed by atoms with Crippen molar-refractivity contribution in [3.63, 3.8) is 0 Å². The number of ketones is 1. The molecule has 1 aliphatic rings. The van der Waals surface area contributed by atoms with Gasteiger partial charge in [0.15, 0.2) is 5.78 Å². The third-order valence-electron chi connectivity index (χ3n) is 1.83. The van der Waals surface area contributed by atoms with E-state index in [9.17, 15) is 4.79 Å². The minimum absolute atomic E-state index is 0.0915. The maximum absolute atomic E-state index is 11.1. The number of hydrogen-bond donors (Lipinski definition) is 0. The number of nitrogens with zero attached hydrogens (tertiary/aromatic N) is 2. The summed E-state index contributed by atoms with van der Waals surface area (Å²) in [5.74, 6) is 0.0915. The number of carbonyl (C=O) groups excluding carboxylic acids is 1. The quantitative estimate of drug-likeness (QED) is 0.641. The Morgan fingerprint density at radius 3 is 3.00 bits per heavy atom. The summed E-state index contributed by atoms with van der Waals surface area (Å²) in [5.41, 5.74) is 1.71. The van der Waals surface area contributed by atoms with Gasteiger partial charge >= 0.3 is 0 Å². The molecule has 1 aromatic heterocycles. The standard InChI is InChI=1S/C10H8N2O/c13-9-3-5-12-10(6-9)8-2-1-4-11-7-8/h1-5,7H,6H2. The van der Waals surface area contributed by atoms with Gasteiger partial charge in [-0.15, -0.1) is 0 Å². The van der Waals surface area contributed by atoms with Crippen LogP contribution in [0.3, 0.4) is 0 Å². The van der Waals surface area contributed by atoms with Gasteiger partial charge in [0, 0.05) is 24.2 Å². The predicted octanol–water partition coefficient (Wildman–Crippen LogP) is 1.36. The van der Waals surface area contributed by atoms with Crippen LogP contribution in [-0.2, 0) is 4.79 Å². The number of aromatic nitrogens is 1. The molecule has 64 valence electrons. The van der Waals surface area contributed by atoms with E-state index in [4.69, 9.17) is 0 Å². The zero-order chi connectivity index (χ0) is 9.10. The molecule has 0 aliphatic carbocycles. The number of rotatable bonds is 1. The highest BCUT2D eigenvalue weighted by Gasteiger charge is 2.10. The first-order valence-electron chi connectivity index (χ1n) is 4.03. The van der Waals surface area contributed by atoms with Crippen molar-refractivity contribution in [3.8, 4) is 0 Å². The molecule has 0 amide bonds. The van der Waals surface area contributed by atoms with Gasteiger partial charge in [-0.25, -0.2) is 0 Å². The number of hydrogen-bond acceptors (Lipinski definition) is 3. The van der Waals surface area contributed by atoms with Crippen LogP contribution in [0.2, 0.25) is 0 Å². The van der Waals surface area contributed by atoms with Crippen molar-refractivity contribution in [3.05, 3.63) is 42.4 Å². The smallest absolute Gasteiger partial charge is 0.163 e. The second-order valence-electron chi connectivity index (χ2n) is 2.78. The second kappa shape index (κ2) is 3.31. The molecule has 0 aromatic carbocycles. The highest BCUT2D eigenvalue weighted by molar-refractivity contribution is 6.15. The topological polar surface area (TPSA) is 42.3 Å². The largest absolute Gasteiger partial charge is 0.294 e. The highest BCUT2D eigenvalue weighted by atomic mass is 16.1. The molecule has 0 bridgehead atoms. The summed E-state index contributed by atoms with van der Waals surface area (Å²) in [7, 11) is 0. The maximum Gasteiger partial charge on any atom is 0.163 e. The summed E-state index contributed by atoms with van der Waals surface area (Å²) in [6, 6.07) is 3.74. The molecule has 0 atom stereocenters. The molecule has 2 rings (SSSR count). The van der Waals surface area contributed by atoms with Crippen LogP contribution in [0.15, 0.2) is 41.8 Å². The third kappa shape index (κ3) is 1.69. The zero-order valence-corrected chi connectivity index (χ0v) is 6.97. The van der Waals surface area contributed by atoms with Gasteiger partial charge in [-0.3, -0.25) is 14.8 Å². The molecular formula is C10H8N2O. The Labute approximate surface area is 75.8 Å². The van der Waals surface area contributed by atoms with Crippen LogP contribution in [0.5, 0.6) is 0 Å². The maximum atomic E-state index is 11.1. The lowest BCUT2D eigenvalue weighted by Crippen LogP contribution is -2.10. The third-order valence-corrected chi connectivity index (χ3v) is 1.83. The first-order chi connectivity index (χ1) is 6.36. The fourth-order valence-electron chi connectivity index (χ4n) is 1.19. The van der Waals surface area contributed by atoms with E-state index in [1.807, 2.05) is 12.1 Å².